The van der Waals surface area contributed by atoms with Gasteiger partial charge in [-0.15, -0.1) is 0 Å². The largest absolute Gasteiger partial charge is 0.370 e. The molecule has 0 saturated heterocycles. The number of rotatable bonds is 5. The Bertz CT molecular complexity index is 445. The molecule has 0 bridgehead atoms. The van der Waals surface area contributed by atoms with Crippen LogP contribution >= 0.6 is 0 Å². The maximum Gasteiger partial charge on any atom is 0.251 e. The van der Waals surface area contributed by atoms with Gasteiger partial charge in [0, 0.05) is 23.8 Å². The highest BCUT2D eigenvalue weighted by atomic mass is 16.1. The van der Waals surface area contributed by atoms with Crippen molar-refractivity contribution in [2.75, 3.05) is 11.9 Å². The SMILES string of the molecule is CCCNc1cc(C(=O)NC2CC2C)cc(C)n1. The lowest BCUT2D eigenvalue weighted by molar-refractivity contribution is 0.0949. The lowest BCUT2D eigenvalue weighted by Crippen LogP contribution is -2.26. The third kappa shape index (κ3) is 3.22. The minimum absolute atomic E-state index is 0.00870. The Morgan fingerprint density at radius 1 is 1.50 bits per heavy atom. The topological polar surface area (TPSA) is 54.0 Å². The first-order valence-electron chi connectivity index (χ1n) is 6.63. The van der Waals surface area contributed by atoms with Gasteiger partial charge in [0.15, 0.2) is 0 Å². The molecule has 2 rings (SSSR count). The van der Waals surface area contributed by atoms with Gasteiger partial charge in [0.05, 0.1) is 0 Å². The van der Waals surface area contributed by atoms with Crippen LogP contribution in [0.2, 0.25) is 0 Å². The van der Waals surface area contributed by atoms with E-state index in [1.807, 2.05) is 19.1 Å². The minimum Gasteiger partial charge on any atom is -0.370 e. The molecule has 18 heavy (non-hydrogen) atoms. The van der Waals surface area contributed by atoms with Crippen molar-refractivity contribution in [2.24, 2.45) is 5.92 Å². The fourth-order valence-corrected chi connectivity index (χ4v) is 1.92. The number of hydrogen-bond donors (Lipinski definition) is 2. The highest BCUT2D eigenvalue weighted by molar-refractivity contribution is 5.95. The normalized spacial score (nSPS) is 21.5. The molecule has 1 aliphatic carbocycles. The van der Waals surface area contributed by atoms with Gasteiger partial charge >= 0.3 is 0 Å². The molecule has 1 amide bonds. The molecule has 1 heterocycles. The Morgan fingerprint density at radius 3 is 2.83 bits per heavy atom. The van der Waals surface area contributed by atoms with Crippen LogP contribution in [0.4, 0.5) is 5.82 Å². The second kappa shape index (κ2) is 5.38. The summed E-state index contributed by atoms with van der Waals surface area (Å²) in [6.07, 6.45) is 2.13. The van der Waals surface area contributed by atoms with E-state index < -0.39 is 0 Å². The van der Waals surface area contributed by atoms with Crippen molar-refractivity contribution in [3.63, 3.8) is 0 Å². The number of anilines is 1. The van der Waals surface area contributed by atoms with Crippen LogP contribution in [0.25, 0.3) is 0 Å². The van der Waals surface area contributed by atoms with Crippen LogP contribution in [0.1, 0.15) is 42.7 Å². The van der Waals surface area contributed by atoms with E-state index in [9.17, 15) is 4.79 Å². The second-order valence-electron chi connectivity index (χ2n) is 5.10. The monoisotopic (exact) mass is 247 g/mol. The lowest BCUT2D eigenvalue weighted by Gasteiger charge is -2.09. The zero-order chi connectivity index (χ0) is 13.1. The maximum atomic E-state index is 12.1. The van der Waals surface area contributed by atoms with E-state index in [0.717, 1.165) is 30.9 Å². The highest BCUT2D eigenvalue weighted by Gasteiger charge is 2.34. The number of hydrogen-bond acceptors (Lipinski definition) is 3. The molecule has 1 fully saturated rings. The van der Waals surface area contributed by atoms with Crippen LogP contribution in [-0.4, -0.2) is 23.5 Å². The van der Waals surface area contributed by atoms with Crippen molar-refractivity contribution < 1.29 is 4.79 Å². The van der Waals surface area contributed by atoms with Crippen LogP contribution in [0.5, 0.6) is 0 Å². The Balaban J connectivity index is 2.06. The van der Waals surface area contributed by atoms with Gasteiger partial charge in [-0.1, -0.05) is 13.8 Å². The molecule has 0 aliphatic heterocycles. The first kappa shape index (κ1) is 12.9. The molecule has 0 aromatic carbocycles. The molecule has 1 saturated carbocycles. The molecule has 1 aromatic rings. The van der Waals surface area contributed by atoms with Crippen molar-refractivity contribution in [3.8, 4) is 0 Å². The summed E-state index contributed by atoms with van der Waals surface area (Å²) in [5.41, 5.74) is 1.56. The van der Waals surface area contributed by atoms with Crippen LogP contribution in [-0.2, 0) is 0 Å². The van der Waals surface area contributed by atoms with Crippen LogP contribution < -0.4 is 10.6 Å². The summed E-state index contributed by atoms with van der Waals surface area (Å²) in [5, 5.41) is 6.25. The van der Waals surface area contributed by atoms with E-state index in [4.69, 9.17) is 0 Å². The molecule has 0 spiro atoms. The number of nitrogens with zero attached hydrogens (tertiary/aromatic N) is 1. The number of nitrogens with one attached hydrogen (secondary N) is 2. The van der Waals surface area contributed by atoms with Gasteiger partial charge in [0.2, 0.25) is 0 Å². The number of carbonyl (C=O) groups excluding carboxylic acids is 1. The summed E-state index contributed by atoms with van der Waals surface area (Å²) < 4.78 is 0. The van der Waals surface area contributed by atoms with Crippen molar-refractivity contribution in [1.29, 1.82) is 0 Å². The van der Waals surface area contributed by atoms with Crippen molar-refractivity contribution >= 4 is 11.7 Å². The van der Waals surface area contributed by atoms with E-state index in [-0.39, 0.29) is 5.91 Å². The minimum atomic E-state index is 0.00870. The van der Waals surface area contributed by atoms with Gasteiger partial charge in [-0.05, 0) is 37.8 Å². The molecule has 1 aliphatic rings. The standard InChI is InChI=1S/C14H21N3O/c1-4-5-15-13-8-11(7-10(3)16-13)14(18)17-12-6-9(12)2/h7-9,12H,4-6H2,1-3H3,(H,15,16)(H,17,18). The van der Waals surface area contributed by atoms with Gasteiger partial charge in [0.1, 0.15) is 5.82 Å². The molecule has 2 atom stereocenters. The van der Waals surface area contributed by atoms with Gasteiger partial charge in [0.25, 0.3) is 5.91 Å². The number of carbonyl (C=O) groups is 1. The molecule has 4 heteroatoms. The van der Waals surface area contributed by atoms with Crippen LogP contribution in [0.15, 0.2) is 12.1 Å². The lowest BCUT2D eigenvalue weighted by atomic mass is 10.2. The molecule has 98 valence electrons. The number of aryl methyl sites for hydroxylation is 1. The Morgan fingerprint density at radius 2 is 2.22 bits per heavy atom. The fraction of sp³-hybridized carbons (Fsp3) is 0.571. The Kier molecular flexibility index (Phi) is 3.84. The summed E-state index contributed by atoms with van der Waals surface area (Å²) in [5.74, 6) is 1.41. The van der Waals surface area contributed by atoms with E-state index in [0.29, 0.717) is 17.5 Å². The van der Waals surface area contributed by atoms with E-state index in [1.54, 1.807) is 0 Å². The van der Waals surface area contributed by atoms with Crippen molar-refractivity contribution in [3.05, 3.63) is 23.4 Å². The Hall–Kier alpha value is -1.58. The number of pyridine rings is 1. The zero-order valence-corrected chi connectivity index (χ0v) is 11.3. The molecular formula is C14H21N3O. The average molecular weight is 247 g/mol. The summed E-state index contributed by atoms with van der Waals surface area (Å²) in [6.45, 7) is 7.03. The van der Waals surface area contributed by atoms with Gasteiger partial charge in [-0.2, -0.15) is 0 Å². The first-order valence-corrected chi connectivity index (χ1v) is 6.63. The summed E-state index contributed by atoms with van der Waals surface area (Å²) in [6, 6.07) is 4.02. The quantitative estimate of drug-likeness (QED) is 0.839. The molecule has 2 N–H and O–H groups in total. The second-order valence-corrected chi connectivity index (χ2v) is 5.10. The van der Waals surface area contributed by atoms with Gasteiger partial charge in [-0.25, -0.2) is 4.98 Å². The predicted molar refractivity (Wildman–Crippen MR) is 72.8 cm³/mol. The van der Waals surface area contributed by atoms with Crippen molar-refractivity contribution in [2.45, 2.75) is 39.7 Å². The van der Waals surface area contributed by atoms with Crippen LogP contribution in [0, 0.1) is 12.8 Å². The maximum absolute atomic E-state index is 12.1. The van der Waals surface area contributed by atoms with Crippen LogP contribution in [0.3, 0.4) is 0 Å². The molecule has 0 radical (unpaired) electrons. The smallest absolute Gasteiger partial charge is 0.251 e. The Labute approximate surface area is 108 Å². The first-order chi connectivity index (χ1) is 8.60. The van der Waals surface area contributed by atoms with E-state index in [2.05, 4.69) is 29.5 Å². The number of amides is 1. The van der Waals surface area contributed by atoms with E-state index in [1.165, 1.54) is 0 Å². The molecular weight excluding hydrogens is 226 g/mol. The summed E-state index contributed by atoms with van der Waals surface area (Å²) in [4.78, 5) is 16.4. The summed E-state index contributed by atoms with van der Waals surface area (Å²) >= 11 is 0. The third-order valence-corrected chi connectivity index (χ3v) is 3.20. The summed E-state index contributed by atoms with van der Waals surface area (Å²) in [7, 11) is 0. The van der Waals surface area contributed by atoms with Gasteiger partial charge in [-0.3, -0.25) is 4.79 Å². The van der Waals surface area contributed by atoms with Crippen molar-refractivity contribution in [1.82, 2.24) is 10.3 Å². The van der Waals surface area contributed by atoms with Gasteiger partial charge < -0.3 is 10.6 Å². The zero-order valence-electron chi connectivity index (χ0n) is 11.3. The molecule has 4 nitrogen and oxygen atoms in total. The fourth-order valence-electron chi connectivity index (χ4n) is 1.92. The third-order valence-electron chi connectivity index (χ3n) is 3.20. The predicted octanol–water partition coefficient (Wildman–Crippen LogP) is 2.35. The number of aromatic nitrogens is 1. The average Bonchev–Trinajstić information content (AvgIpc) is 3.01. The highest BCUT2D eigenvalue weighted by Crippen LogP contribution is 2.29. The van der Waals surface area contributed by atoms with E-state index >= 15 is 0 Å². The molecule has 1 aromatic heterocycles. The molecule has 2 unspecified atom stereocenters.